The van der Waals surface area contributed by atoms with E-state index in [1.807, 2.05) is 13.0 Å². The minimum absolute atomic E-state index is 0.000308. The van der Waals surface area contributed by atoms with Crippen molar-refractivity contribution < 1.29 is 126 Å². The number of aromatic hydroxyl groups is 7. The van der Waals surface area contributed by atoms with Crippen LogP contribution in [-0.2, 0) is 14.3 Å². The highest BCUT2D eigenvalue weighted by molar-refractivity contribution is 6.06. The average molecular weight is 1900 g/mol. The van der Waals surface area contributed by atoms with Gasteiger partial charge in [-0.1, -0.05) is 129 Å². The quantitative estimate of drug-likeness (QED) is 0.0152. The molecule has 5 amide bonds. The van der Waals surface area contributed by atoms with Crippen LogP contribution in [0.4, 0.5) is 5.69 Å². The number of nitrogens with zero attached hydrogens (tertiary/aromatic N) is 5. The van der Waals surface area contributed by atoms with Crippen LogP contribution in [0, 0.1) is 0 Å². The van der Waals surface area contributed by atoms with Gasteiger partial charge in [0.2, 0.25) is 5.91 Å². The number of piperidine rings is 2. The lowest BCUT2D eigenvalue weighted by atomic mass is 9.99. The second-order valence-electron chi connectivity index (χ2n) is 32.4. The Morgan fingerprint density at radius 2 is 0.705 bits per heavy atom. The number of carbonyl (C=O) groups excluding carboxylic acids is 11. The molecule has 31 heteroatoms. The Balaban J connectivity index is 0.000000167. The van der Waals surface area contributed by atoms with Crippen molar-refractivity contribution in [3.63, 3.8) is 0 Å². The van der Waals surface area contributed by atoms with Gasteiger partial charge in [0, 0.05) is 49.4 Å². The van der Waals surface area contributed by atoms with Crippen LogP contribution in [0.25, 0.3) is 24.3 Å². The lowest BCUT2D eigenvalue weighted by Gasteiger charge is -2.36. The lowest BCUT2D eigenvalue weighted by Crippen LogP contribution is -2.51. The summed E-state index contributed by atoms with van der Waals surface area (Å²) in [5.74, 6) is 0.838. The number of Topliss-reactive ketones (excluding diaryl/α,β-unsaturated/α-hetero) is 1. The summed E-state index contributed by atoms with van der Waals surface area (Å²) in [6, 6.07) is 50.9. The maximum Gasteiger partial charge on any atom is 0.255 e. The number of likely N-dealkylation sites (tertiary alicyclic amines) is 2. The van der Waals surface area contributed by atoms with Crippen LogP contribution in [0.2, 0.25) is 0 Å². The van der Waals surface area contributed by atoms with Crippen molar-refractivity contribution in [3.8, 4) is 74.7 Å². The molecule has 5 atom stereocenters. The zero-order valence-corrected chi connectivity index (χ0v) is 77.1. The first-order chi connectivity index (χ1) is 67.4. The molecule has 0 saturated carbocycles. The van der Waals surface area contributed by atoms with Crippen LogP contribution in [0.5, 0.6) is 74.7 Å². The zero-order chi connectivity index (χ0) is 99.6. The highest BCUT2D eigenvalue weighted by atomic mass is 16.5. The van der Waals surface area contributed by atoms with Gasteiger partial charge in [-0.3, -0.25) is 52.7 Å². The normalized spacial score (nSPS) is 16.4. The number of amides is 5. The summed E-state index contributed by atoms with van der Waals surface area (Å²) in [4.78, 5) is 141. The number of morpholine rings is 2. The predicted molar refractivity (Wildman–Crippen MR) is 521 cm³/mol. The Kier molecular flexibility index (Phi) is 37.9. The van der Waals surface area contributed by atoms with Gasteiger partial charge in [0.25, 0.3) is 23.6 Å². The number of aldehydes is 5. The van der Waals surface area contributed by atoms with Gasteiger partial charge in [-0.05, 0) is 174 Å². The molecule has 5 aliphatic heterocycles. The molecule has 0 bridgehead atoms. The SMILES string of the molecule is C=Cc1c(O)cccc1OC[C@@H]1CCC(=O)N1c1cccc(C=O)c1.C=Cc1c(O)cccc1OC[C@@H]1CCCCN1C(=O)c1cccc(O)c1C=O.C=Cc1c(O)cccc1OC[C@@H]1CCCCN1C(=O)c1ccccc1C=O.C=Cc1c(O)cccc1OC[C@@H]1COCCN1C(=O)c1cccc(OCC)c1C=O.CC(=O)c1c(O)cccc1OC[C@@H]1COCCN1C(=O)c1cccc(O)c1C=O. The van der Waals surface area contributed by atoms with Crippen molar-refractivity contribution >= 4 is 96.7 Å². The second-order valence-corrected chi connectivity index (χ2v) is 32.4. The molecule has 5 saturated heterocycles. The summed E-state index contributed by atoms with van der Waals surface area (Å²) in [7, 11) is 0. The number of rotatable bonds is 32. The van der Waals surface area contributed by atoms with Crippen molar-refractivity contribution in [2.45, 2.75) is 95.4 Å². The van der Waals surface area contributed by atoms with Crippen LogP contribution in [-0.4, -0.2) is 245 Å². The Morgan fingerprint density at radius 3 is 1.12 bits per heavy atom. The second kappa shape index (κ2) is 51.0. The molecule has 0 unspecified atom stereocenters. The average Bonchev–Trinajstić information content (AvgIpc) is 1.74. The number of anilines is 1. The molecule has 5 heterocycles. The highest BCUT2D eigenvalue weighted by Crippen LogP contribution is 2.38. The van der Waals surface area contributed by atoms with E-state index in [2.05, 4.69) is 26.3 Å². The molecule has 0 radical (unpaired) electrons. The van der Waals surface area contributed by atoms with Crippen molar-refractivity contribution in [3.05, 3.63) is 298 Å². The molecule has 0 aromatic heterocycles. The molecule has 10 aromatic rings. The molecule has 5 aliphatic rings. The minimum Gasteiger partial charge on any atom is -0.507 e. The maximum atomic E-state index is 13.3. The molecule has 10 aromatic carbocycles. The van der Waals surface area contributed by atoms with Crippen molar-refractivity contribution in [2.24, 2.45) is 0 Å². The Morgan fingerprint density at radius 1 is 0.360 bits per heavy atom. The summed E-state index contributed by atoms with van der Waals surface area (Å²) >= 11 is 0. The fraction of sp³-hybridized carbons (Fsp3) is 0.269. The smallest absolute Gasteiger partial charge is 0.255 e. The van der Waals surface area contributed by atoms with Crippen molar-refractivity contribution in [2.75, 3.05) is 97.1 Å². The van der Waals surface area contributed by atoms with Crippen LogP contribution in [0.1, 0.15) is 191 Å². The summed E-state index contributed by atoms with van der Waals surface area (Å²) in [6.45, 7) is 22.4. The van der Waals surface area contributed by atoms with Crippen LogP contribution in [0.3, 0.4) is 0 Å². The Bertz CT molecular complexity index is 6110. The van der Waals surface area contributed by atoms with E-state index in [-0.39, 0.29) is 171 Å². The first kappa shape index (κ1) is 103. The predicted octanol–water partition coefficient (Wildman–Crippen LogP) is 16.2. The summed E-state index contributed by atoms with van der Waals surface area (Å²) in [5.41, 5.74) is 4.89. The van der Waals surface area contributed by atoms with Crippen LogP contribution in [0.15, 0.2) is 220 Å². The molecule has 0 spiro atoms. The third-order valence-corrected chi connectivity index (χ3v) is 23.8. The number of phenolic OH excluding ortho intramolecular Hbond substituents is 7. The summed E-state index contributed by atoms with van der Waals surface area (Å²) < 4.78 is 45.8. The first-order valence-electron chi connectivity index (χ1n) is 45.2. The summed E-state index contributed by atoms with van der Waals surface area (Å²) in [6.07, 6.45) is 15.7. The van der Waals surface area contributed by atoms with Gasteiger partial charge >= 0.3 is 0 Å². The molecular weight excluding hydrogens is 1780 g/mol. The largest absolute Gasteiger partial charge is 0.507 e. The molecule has 5 fully saturated rings. The van der Waals surface area contributed by atoms with E-state index in [1.54, 1.807) is 183 Å². The topological polar surface area (TPSA) is 419 Å². The van der Waals surface area contributed by atoms with Crippen molar-refractivity contribution in [1.82, 2.24) is 19.6 Å². The van der Waals surface area contributed by atoms with E-state index < -0.39 is 11.9 Å². The Labute approximate surface area is 804 Å². The molecule has 139 heavy (non-hydrogen) atoms. The molecule has 31 nitrogen and oxygen atoms in total. The third kappa shape index (κ3) is 25.9. The fourth-order valence-corrected chi connectivity index (χ4v) is 16.7. The molecule has 724 valence electrons. The highest BCUT2D eigenvalue weighted by Gasteiger charge is 2.38. The number of benzene rings is 10. The van der Waals surface area contributed by atoms with E-state index in [0.717, 1.165) is 44.8 Å². The van der Waals surface area contributed by atoms with Gasteiger partial charge < -0.3 is 98.1 Å². The minimum atomic E-state index is -0.486. The number of hydrogen-bond acceptors (Lipinski definition) is 26. The third-order valence-electron chi connectivity index (χ3n) is 23.8. The monoisotopic (exact) mass is 1890 g/mol. The van der Waals surface area contributed by atoms with E-state index in [4.69, 9.17) is 37.9 Å². The van der Waals surface area contributed by atoms with Gasteiger partial charge in [0.05, 0.1) is 124 Å². The van der Waals surface area contributed by atoms with Crippen molar-refractivity contribution in [1.29, 1.82) is 0 Å². The van der Waals surface area contributed by atoms with E-state index in [0.29, 0.717) is 171 Å². The number of hydrogen-bond donors (Lipinski definition) is 7. The van der Waals surface area contributed by atoms with Gasteiger partial charge in [0.15, 0.2) is 30.9 Å². The maximum absolute atomic E-state index is 13.3. The number of ketones is 1. The lowest BCUT2D eigenvalue weighted by molar-refractivity contribution is -0.117. The zero-order valence-electron chi connectivity index (χ0n) is 77.1. The Hall–Kier alpha value is -16.2. The molecule has 0 aliphatic carbocycles. The van der Waals surface area contributed by atoms with Crippen LogP contribution >= 0.6 is 0 Å². The number of phenols is 7. The first-order valence-corrected chi connectivity index (χ1v) is 45.2. The fourth-order valence-electron chi connectivity index (χ4n) is 16.7. The van der Waals surface area contributed by atoms with E-state index >= 15 is 0 Å². The molecular formula is C108H111N5O26. The van der Waals surface area contributed by atoms with Gasteiger partial charge in [-0.2, -0.15) is 0 Å². The number of carbonyl (C=O) groups is 11. The summed E-state index contributed by atoms with van der Waals surface area (Å²) in [5, 5.41) is 69.3. The van der Waals surface area contributed by atoms with E-state index in [1.165, 1.54) is 60.4 Å². The van der Waals surface area contributed by atoms with Crippen LogP contribution < -0.4 is 33.3 Å². The van der Waals surface area contributed by atoms with Gasteiger partial charge in [0.1, 0.15) is 120 Å². The van der Waals surface area contributed by atoms with Gasteiger partial charge in [-0.25, -0.2) is 0 Å². The van der Waals surface area contributed by atoms with E-state index in [9.17, 15) is 88.5 Å². The van der Waals surface area contributed by atoms with Gasteiger partial charge in [-0.15, -0.1) is 0 Å². The molecule has 7 N–H and O–H groups in total. The number of ether oxygens (including phenoxy) is 8. The standard InChI is InChI=1S/C23H25NO6.C22H23NO5.C22H23NO4.C21H21NO7.C20H19NO4/c1-3-17-20(26)8-6-10-21(17)30-15-16-14-28-12-11-24(16)23(27)18-7-5-9-22(29-4-2)19(18)13-25;1-2-16-19(25)10-6-11-21(16)28-14-15-7-3-4-12-23(15)22(27)17-8-5-9-20(26)18(17)13-24;1-2-18-20(25)11-7-12-21(18)27-15-17-9-5-6-13-23(17)22(26)19-10-4-3-8-16(19)14-24;1-13(24)20-18(26)6-3-7-19(20)29-12-14-11-28-9-8-22(14)21(27)15-4-2-5-17(25)16(15)10-23;1-2-17-18(23)7-4-8-19(17)25-13-16-9-10-20(24)21(16)15-6-3-5-14(11-15)12-22/h3,5-10,13,16,26H,1,4,11-12,14-15H2,2H3;2,5-6,8-11,13,15,25-26H,1,3-4,7,12,14H2;2-4,7-8,10-12,14,17,25H,1,5-6,9,13,15H2;2-7,10,14,25-26H,8-9,11-12H2,1H3;2-8,11-12,16,23H,1,9-10,13H2/t16-;15-;17-;14-;16-/m00000/s1. The molecule has 15 rings (SSSR count).